The number of carbonyl (C=O) groups excluding carboxylic acids is 1. The summed E-state index contributed by atoms with van der Waals surface area (Å²) in [5, 5.41) is 3.36. The molecule has 0 radical (unpaired) electrons. The SMILES string of the molecule is O=C(Nc1ccc(SCc2nc3ccccc3[nH]c2=O)cc1)c1cccc(Cl)c1. The van der Waals surface area contributed by atoms with Crippen LogP contribution in [-0.4, -0.2) is 15.9 Å². The number of halogens is 1. The number of aromatic amines is 1. The monoisotopic (exact) mass is 421 g/mol. The van der Waals surface area contributed by atoms with Crippen molar-refractivity contribution < 1.29 is 4.79 Å². The molecule has 0 saturated heterocycles. The number of anilines is 1. The molecule has 144 valence electrons. The van der Waals surface area contributed by atoms with E-state index in [0.717, 1.165) is 15.9 Å². The number of rotatable bonds is 5. The lowest BCUT2D eigenvalue weighted by Gasteiger charge is -2.07. The summed E-state index contributed by atoms with van der Waals surface area (Å²) >= 11 is 7.44. The first-order valence-electron chi connectivity index (χ1n) is 8.86. The molecule has 5 nitrogen and oxygen atoms in total. The zero-order valence-corrected chi connectivity index (χ0v) is 16.8. The second-order valence-corrected chi connectivity index (χ2v) is 7.79. The fraction of sp³-hybridized carbons (Fsp3) is 0.0455. The zero-order chi connectivity index (χ0) is 20.2. The first-order chi connectivity index (χ1) is 14.1. The van der Waals surface area contributed by atoms with Crippen LogP contribution in [0.25, 0.3) is 11.0 Å². The van der Waals surface area contributed by atoms with E-state index in [0.29, 0.717) is 27.7 Å². The van der Waals surface area contributed by atoms with Crippen LogP contribution in [0.3, 0.4) is 0 Å². The van der Waals surface area contributed by atoms with E-state index in [1.54, 1.807) is 24.3 Å². The largest absolute Gasteiger partial charge is 0.322 e. The van der Waals surface area contributed by atoms with Gasteiger partial charge in [-0.15, -0.1) is 11.8 Å². The molecule has 4 rings (SSSR count). The summed E-state index contributed by atoms with van der Waals surface area (Å²) in [6, 6.07) is 21.7. The first kappa shape index (κ1) is 19.2. The lowest BCUT2D eigenvalue weighted by molar-refractivity contribution is 0.102. The molecule has 0 aliphatic rings. The van der Waals surface area contributed by atoms with Crippen molar-refractivity contribution in [1.29, 1.82) is 0 Å². The highest BCUT2D eigenvalue weighted by Crippen LogP contribution is 2.23. The second kappa shape index (κ2) is 8.51. The summed E-state index contributed by atoms with van der Waals surface area (Å²) in [5.41, 5.74) is 2.97. The Morgan fingerprint density at radius 2 is 1.83 bits per heavy atom. The Bertz CT molecular complexity index is 1240. The maximum Gasteiger partial charge on any atom is 0.271 e. The minimum Gasteiger partial charge on any atom is -0.322 e. The number of thioether (sulfide) groups is 1. The number of H-pyrrole nitrogens is 1. The van der Waals surface area contributed by atoms with Gasteiger partial charge in [0.15, 0.2) is 0 Å². The normalized spacial score (nSPS) is 10.8. The van der Waals surface area contributed by atoms with E-state index in [4.69, 9.17) is 11.6 Å². The van der Waals surface area contributed by atoms with Crippen LogP contribution < -0.4 is 10.9 Å². The highest BCUT2D eigenvalue weighted by Gasteiger charge is 2.08. The molecule has 0 aliphatic carbocycles. The summed E-state index contributed by atoms with van der Waals surface area (Å²) < 4.78 is 0. The number of nitrogens with one attached hydrogen (secondary N) is 2. The molecule has 1 amide bonds. The zero-order valence-electron chi connectivity index (χ0n) is 15.2. The van der Waals surface area contributed by atoms with Gasteiger partial charge < -0.3 is 10.3 Å². The van der Waals surface area contributed by atoms with E-state index in [1.165, 1.54) is 11.8 Å². The maximum absolute atomic E-state index is 12.3. The van der Waals surface area contributed by atoms with Crippen molar-refractivity contribution in [2.75, 3.05) is 5.32 Å². The van der Waals surface area contributed by atoms with Crippen molar-refractivity contribution in [1.82, 2.24) is 9.97 Å². The van der Waals surface area contributed by atoms with Crippen LogP contribution in [0.5, 0.6) is 0 Å². The minimum atomic E-state index is -0.222. The summed E-state index contributed by atoms with van der Waals surface area (Å²) in [4.78, 5) is 32.8. The maximum atomic E-state index is 12.3. The molecule has 1 heterocycles. The van der Waals surface area contributed by atoms with Crippen LogP contribution in [-0.2, 0) is 5.75 Å². The highest BCUT2D eigenvalue weighted by atomic mass is 35.5. The van der Waals surface area contributed by atoms with Gasteiger partial charge in [-0.1, -0.05) is 29.8 Å². The number of nitrogens with zero attached hydrogens (tertiary/aromatic N) is 1. The molecule has 0 atom stereocenters. The highest BCUT2D eigenvalue weighted by molar-refractivity contribution is 7.98. The lowest BCUT2D eigenvalue weighted by atomic mass is 10.2. The van der Waals surface area contributed by atoms with E-state index in [9.17, 15) is 9.59 Å². The van der Waals surface area contributed by atoms with Gasteiger partial charge in [0.2, 0.25) is 0 Å². The third-order valence-electron chi connectivity index (χ3n) is 4.24. The van der Waals surface area contributed by atoms with Crippen LogP contribution in [0.15, 0.2) is 82.5 Å². The molecular weight excluding hydrogens is 406 g/mol. The number of para-hydroxylation sites is 2. The molecule has 0 fully saturated rings. The predicted octanol–water partition coefficient (Wildman–Crippen LogP) is 5.12. The number of aromatic nitrogens is 2. The van der Waals surface area contributed by atoms with Crippen molar-refractivity contribution in [2.45, 2.75) is 10.6 Å². The number of fused-ring (bicyclic) bond motifs is 1. The lowest BCUT2D eigenvalue weighted by Crippen LogP contribution is -2.14. The number of benzene rings is 3. The van der Waals surface area contributed by atoms with Crippen molar-refractivity contribution in [2.24, 2.45) is 0 Å². The topological polar surface area (TPSA) is 74.8 Å². The summed E-state index contributed by atoms with van der Waals surface area (Å²) in [5.74, 6) is 0.230. The van der Waals surface area contributed by atoms with E-state index in [-0.39, 0.29) is 11.5 Å². The summed E-state index contributed by atoms with van der Waals surface area (Å²) in [6.45, 7) is 0. The standard InChI is InChI=1S/C22H16ClN3O2S/c23-15-5-3-4-14(12-15)21(27)24-16-8-10-17(11-9-16)29-13-20-22(28)26-19-7-2-1-6-18(19)25-20/h1-12H,13H2,(H,24,27)(H,26,28). The average Bonchev–Trinajstić information content (AvgIpc) is 2.73. The molecule has 0 aliphatic heterocycles. The number of hydrogen-bond acceptors (Lipinski definition) is 4. The van der Waals surface area contributed by atoms with Crippen molar-refractivity contribution in [3.05, 3.63) is 99.4 Å². The number of carbonyl (C=O) groups is 1. The minimum absolute atomic E-state index is 0.179. The van der Waals surface area contributed by atoms with Crippen LogP contribution >= 0.6 is 23.4 Å². The van der Waals surface area contributed by atoms with Gasteiger partial charge in [0.1, 0.15) is 5.69 Å². The van der Waals surface area contributed by atoms with Gasteiger partial charge in [0.25, 0.3) is 11.5 Å². The molecule has 29 heavy (non-hydrogen) atoms. The molecule has 0 saturated carbocycles. The molecule has 4 aromatic rings. The molecule has 0 spiro atoms. The fourth-order valence-corrected chi connectivity index (χ4v) is 3.80. The van der Waals surface area contributed by atoms with Gasteiger partial charge in [-0.3, -0.25) is 9.59 Å². The Balaban J connectivity index is 1.41. The Labute approximate surface area is 176 Å². The second-order valence-electron chi connectivity index (χ2n) is 6.31. The first-order valence-corrected chi connectivity index (χ1v) is 10.2. The fourth-order valence-electron chi connectivity index (χ4n) is 2.78. The van der Waals surface area contributed by atoms with E-state index in [1.807, 2.05) is 48.5 Å². The van der Waals surface area contributed by atoms with Crippen LogP contribution in [0.1, 0.15) is 16.1 Å². The van der Waals surface area contributed by atoms with Crippen molar-refractivity contribution in [3.63, 3.8) is 0 Å². The van der Waals surface area contributed by atoms with Gasteiger partial charge in [-0.25, -0.2) is 4.98 Å². The van der Waals surface area contributed by atoms with Crippen LogP contribution in [0, 0.1) is 0 Å². The number of amides is 1. The van der Waals surface area contributed by atoms with Gasteiger partial charge >= 0.3 is 0 Å². The molecular formula is C22H16ClN3O2S. The van der Waals surface area contributed by atoms with Gasteiger partial charge in [-0.05, 0) is 54.6 Å². The van der Waals surface area contributed by atoms with Gasteiger partial charge in [0, 0.05) is 26.9 Å². The van der Waals surface area contributed by atoms with Crippen molar-refractivity contribution in [3.8, 4) is 0 Å². The van der Waals surface area contributed by atoms with Crippen LogP contribution in [0.4, 0.5) is 5.69 Å². The van der Waals surface area contributed by atoms with Gasteiger partial charge in [0.05, 0.1) is 11.0 Å². The molecule has 3 aromatic carbocycles. The van der Waals surface area contributed by atoms with Gasteiger partial charge in [-0.2, -0.15) is 0 Å². The van der Waals surface area contributed by atoms with E-state index < -0.39 is 0 Å². The van der Waals surface area contributed by atoms with E-state index >= 15 is 0 Å². The molecule has 1 aromatic heterocycles. The smallest absolute Gasteiger partial charge is 0.271 e. The Morgan fingerprint density at radius 3 is 2.62 bits per heavy atom. The summed E-state index contributed by atoms with van der Waals surface area (Å²) in [6.07, 6.45) is 0. The Hall–Kier alpha value is -3.09. The molecule has 0 unspecified atom stereocenters. The molecule has 7 heteroatoms. The van der Waals surface area contributed by atoms with E-state index in [2.05, 4.69) is 15.3 Å². The summed E-state index contributed by atoms with van der Waals surface area (Å²) in [7, 11) is 0. The third-order valence-corrected chi connectivity index (χ3v) is 5.50. The Morgan fingerprint density at radius 1 is 1.03 bits per heavy atom. The average molecular weight is 422 g/mol. The predicted molar refractivity (Wildman–Crippen MR) is 118 cm³/mol. The molecule has 0 bridgehead atoms. The number of hydrogen-bond donors (Lipinski definition) is 2. The Kier molecular flexibility index (Phi) is 5.64. The third kappa shape index (κ3) is 4.67. The quantitative estimate of drug-likeness (QED) is 0.438. The molecule has 2 N–H and O–H groups in total. The van der Waals surface area contributed by atoms with Crippen LogP contribution in [0.2, 0.25) is 5.02 Å². The van der Waals surface area contributed by atoms with Crippen molar-refractivity contribution >= 4 is 46.0 Å².